The summed E-state index contributed by atoms with van der Waals surface area (Å²) in [5.74, 6) is 2.98. The van der Waals surface area contributed by atoms with Crippen LogP contribution >= 0.6 is 0 Å². The third-order valence-corrected chi connectivity index (χ3v) is 4.28. The second kappa shape index (κ2) is 5.33. The highest BCUT2D eigenvalue weighted by molar-refractivity contribution is 5.45. The number of hydrogen-bond donors (Lipinski definition) is 2. The van der Waals surface area contributed by atoms with Crippen molar-refractivity contribution >= 4 is 11.8 Å². The molecule has 2 saturated heterocycles. The molecule has 1 aromatic rings. The molecule has 0 radical (unpaired) electrons. The SMILES string of the molecule is CCCCc1cc(N2CC3CNCC3C2)nc(N)n1. The first kappa shape index (κ1) is 12.7. The number of aryl methyl sites for hydroxylation is 1. The van der Waals surface area contributed by atoms with Crippen LogP contribution in [0.25, 0.3) is 0 Å². The van der Waals surface area contributed by atoms with Crippen LogP contribution in [0.2, 0.25) is 0 Å². The fourth-order valence-electron chi connectivity index (χ4n) is 3.19. The zero-order chi connectivity index (χ0) is 13.2. The normalized spacial score (nSPS) is 25.8. The van der Waals surface area contributed by atoms with E-state index in [0.29, 0.717) is 5.95 Å². The van der Waals surface area contributed by atoms with Crippen LogP contribution in [0.15, 0.2) is 6.07 Å². The molecule has 3 N–H and O–H groups in total. The lowest BCUT2D eigenvalue weighted by Gasteiger charge is -2.19. The molecule has 0 spiro atoms. The van der Waals surface area contributed by atoms with E-state index in [0.717, 1.165) is 62.4 Å². The molecule has 2 unspecified atom stereocenters. The highest BCUT2D eigenvalue weighted by Crippen LogP contribution is 2.30. The highest BCUT2D eigenvalue weighted by atomic mass is 15.2. The van der Waals surface area contributed by atoms with E-state index in [9.17, 15) is 0 Å². The average Bonchev–Trinajstić information content (AvgIpc) is 2.96. The molecular weight excluding hydrogens is 238 g/mol. The van der Waals surface area contributed by atoms with Gasteiger partial charge in [0.15, 0.2) is 0 Å². The molecule has 0 aromatic carbocycles. The van der Waals surface area contributed by atoms with Crippen molar-refractivity contribution < 1.29 is 0 Å². The predicted octanol–water partition coefficient (Wildman–Crippen LogP) is 1.06. The molecule has 0 bridgehead atoms. The van der Waals surface area contributed by atoms with Crippen molar-refractivity contribution in [3.8, 4) is 0 Å². The van der Waals surface area contributed by atoms with E-state index < -0.39 is 0 Å². The number of rotatable bonds is 4. The van der Waals surface area contributed by atoms with Gasteiger partial charge in [0, 0.05) is 37.9 Å². The summed E-state index contributed by atoms with van der Waals surface area (Å²) in [4.78, 5) is 11.1. The van der Waals surface area contributed by atoms with E-state index in [1.807, 2.05) is 0 Å². The van der Waals surface area contributed by atoms with Crippen LogP contribution in [0.4, 0.5) is 11.8 Å². The average molecular weight is 261 g/mol. The van der Waals surface area contributed by atoms with Gasteiger partial charge in [0.2, 0.25) is 5.95 Å². The quantitative estimate of drug-likeness (QED) is 0.848. The third kappa shape index (κ3) is 2.66. The van der Waals surface area contributed by atoms with Crippen LogP contribution in [0, 0.1) is 11.8 Å². The summed E-state index contributed by atoms with van der Waals surface area (Å²) >= 11 is 0. The Kier molecular flexibility index (Phi) is 3.55. The fraction of sp³-hybridized carbons (Fsp3) is 0.714. The molecule has 2 aliphatic heterocycles. The molecular formula is C14H23N5. The van der Waals surface area contributed by atoms with Gasteiger partial charge in [-0.1, -0.05) is 13.3 Å². The van der Waals surface area contributed by atoms with Crippen LogP contribution in [-0.2, 0) is 6.42 Å². The number of unbranched alkanes of at least 4 members (excludes halogenated alkanes) is 1. The van der Waals surface area contributed by atoms with Crippen molar-refractivity contribution in [1.29, 1.82) is 0 Å². The van der Waals surface area contributed by atoms with Crippen LogP contribution in [0.3, 0.4) is 0 Å². The van der Waals surface area contributed by atoms with Crippen molar-refractivity contribution in [2.24, 2.45) is 11.8 Å². The van der Waals surface area contributed by atoms with Crippen molar-refractivity contribution in [3.63, 3.8) is 0 Å². The van der Waals surface area contributed by atoms with Gasteiger partial charge in [-0.15, -0.1) is 0 Å². The number of nitrogens with one attached hydrogen (secondary N) is 1. The van der Waals surface area contributed by atoms with Gasteiger partial charge in [-0.2, -0.15) is 4.98 Å². The van der Waals surface area contributed by atoms with Gasteiger partial charge in [0.05, 0.1) is 0 Å². The lowest BCUT2D eigenvalue weighted by Crippen LogP contribution is -2.26. The van der Waals surface area contributed by atoms with E-state index in [4.69, 9.17) is 5.73 Å². The van der Waals surface area contributed by atoms with Crippen molar-refractivity contribution in [1.82, 2.24) is 15.3 Å². The largest absolute Gasteiger partial charge is 0.368 e. The first-order valence-corrected chi connectivity index (χ1v) is 7.35. The molecule has 3 rings (SSSR count). The molecule has 1 aromatic heterocycles. The van der Waals surface area contributed by atoms with Crippen LogP contribution < -0.4 is 16.0 Å². The van der Waals surface area contributed by atoms with Crippen LogP contribution in [0.5, 0.6) is 0 Å². The number of fused-ring (bicyclic) bond motifs is 1. The summed E-state index contributed by atoms with van der Waals surface area (Å²) in [6.45, 7) is 6.68. The zero-order valence-electron chi connectivity index (χ0n) is 11.6. The molecule has 3 heterocycles. The Labute approximate surface area is 114 Å². The van der Waals surface area contributed by atoms with Gasteiger partial charge in [0.1, 0.15) is 5.82 Å². The molecule has 0 saturated carbocycles. The number of nitrogens with two attached hydrogens (primary N) is 1. The first-order valence-electron chi connectivity index (χ1n) is 7.35. The van der Waals surface area contributed by atoms with Crippen LogP contribution in [-0.4, -0.2) is 36.1 Å². The second-order valence-corrected chi connectivity index (χ2v) is 5.76. The van der Waals surface area contributed by atoms with Gasteiger partial charge in [-0.05, 0) is 24.7 Å². The minimum Gasteiger partial charge on any atom is -0.368 e. The number of hydrogen-bond acceptors (Lipinski definition) is 5. The Balaban J connectivity index is 1.75. The smallest absolute Gasteiger partial charge is 0.222 e. The van der Waals surface area contributed by atoms with Gasteiger partial charge < -0.3 is 16.0 Å². The van der Waals surface area contributed by atoms with Crippen molar-refractivity contribution in [3.05, 3.63) is 11.8 Å². The molecule has 5 nitrogen and oxygen atoms in total. The Morgan fingerprint density at radius 2 is 2.05 bits per heavy atom. The van der Waals surface area contributed by atoms with Crippen molar-refractivity contribution in [2.45, 2.75) is 26.2 Å². The predicted molar refractivity (Wildman–Crippen MR) is 77.1 cm³/mol. The van der Waals surface area contributed by atoms with Gasteiger partial charge >= 0.3 is 0 Å². The highest BCUT2D eigenvalue weighted by Gasteiger charge is 2.36. The standard InChI is InChI=1S/C14H23N5/c1-2-3-4-12-5-13(18-14(15)17-12)19-8-10-6-16-7-11(10)9-19/h5,10-11,16H,2-4,6-9H2,1H3,(H2,15,17,18). The monoisotopic (exact) mass is 261 g/mol. The van der Waals surface area contributed by atoms with E-state index in [-0.39, 0.29) is 0 Å². The summed E-state index contributed by atoms with van der Waals surface area (Å²) < 4.78 is 0. The number of aromatic nitrogens is 2. The topological polar surface area (TPSA) is 67.1 Å². The van der Waals surface area contributed by atoms with E-state index in [2.05, 4.69) is 33.2 Å². The summed E-state index contributed by atoms with van der Waals surface area (Å²) in [6.07, 6.45) is 3.34. The van der Waals surface area contributed by atoms with Gasteiger partial charge in [0.25, 0.3) is 0 Å². The lowest BCUT2D eigenvalue weighted by atomic mass is 10.0. The molecule has 2 atom stereocenters. The second-order valence-electron chi connectivity index (χ2n) is 5.76. The zero-order valence-corrected chi connectivity index (χ0v) is 11.6. The summed E-state index contributed by atoms with van der Waals surface area (Å²) in [7, 11) is 0. The maximum Gasteiger partial charge on any atom is 0.222 e. The fourth-order valence-corrected chi connectivity index (χ4v) is 3.19. The Morgan fingerprint density at radius 1 is 1.32 bits per heavy atom. The van der Waals surface area contributed by atoms with Crippen LogP contribution in [0.1, 0.15) is 25.5 Å². The Hall–Kier alpha value is -1.36. The number of nitrogens with zero attached hydrogens (tertiary/aromatic N) is 3. The molecule has 2 fully saturated rings. The van der Waals surface area contributed by atoms with Gasteiger partial charge in [-0.25, -0.2) is 4.98 Å². The first-order chi connectivity index (χ1) is 9.26. The van der Waals surface area contributed by atoms with Crippen molar-refractivity contribution in [2.75, 3.05) is 36.8 Å². The lowest BCUT2D eigenvalue weighted by molar-refractivity contribution is 0.533. The number of anilines is 2. The summed E-state index contributed by atoms with van der Waals surface area (Å²) in [5.41, 5.74) is 6.94. The number of nitrogen functional groups attached to an aromatic ring is 1. The summed E-state index contributed by atoms with van der Waals surface area (Å²) in [5, 5.41) is 3.46. The molecule has 104 valence electrons. The molecule has 2 aliphatic rings. The Morgan fingerprint density at radius 3 is 2.74 bits per heavy atom. The summed E-state index contributed by atoms with van der Waals surface area (Å²) in [6, 6.07) is 2.13. The molecule has 0 aliphatic carbocycles. The minimum atomic E-state index is 0.416. The molecule has 19 heavy (non-hydrogen) atoms. The maximum atomic E-state index is 5.85. The third-order valence-electron chi connectivity index (χ3n) is 4.28. The van der Waals surface area contributed by atoms with E-state index >= 15 is 0 Å². The molecule has 5 heteroatoms. The van der Waals surface area contributed by atoms with Gasteiger partial charge in [-0.3, -0.25) is 0 Å². The minimum absolute atomic E-state index is 0.416. The molecule has 0 amide bonds. The van der Waals surface area contributed by atoms with E-state index in [1.54, 1.807) is 0 Å². The van der Waals surface area contributed by atoms with E-state index in [1.165, 1.54) is 6.42 Å². The Bertz CT molecular complexity index is 435. The maximum absolute atomic E-state index is 5.85.